The Kier molecular flexibility index (Phi) is 9.92. The van der Waals surface area contributed by atoms with E-state index in [1.54, 1.807) is 26.8 Å². The lowest BCUT2D eigenvalue weighted by Gasteiger charge is -2.34. The Balaban J connectivity index is 2.02. The van der Waals surface area contributed by atoms with Crippen molar-refractivity contribution in [2.75, 3.05) is 51.3 Å². The van der Waals surface area contributed by atoms with Gasteiger partial charge in [-0.05, 0) is 45.5 Å². The van der Waals surface area contributed by atoms with E-state index in [0.717, 1.165) is 24.4 Å². The SMILES string of the molecule is CCOC(=O)c1sc(CC(=O)C(C#N)=Cc2cc([N+](=O)[O-])ccc2N2CCN(C)CC2)c(C(=O)OCC)c1C. The minimum atomic E-state index is -0.678. The number of anilines is 1. The number of nitro groups is 1. The van der Waals surface area contributed by atoms with Gasteiger partial charge in [-0.25, -0.2) is 9.59 Å². The monoisotopic (exact) mass is 554 g/mol. The molecule has 0 atom stereocenters. The number of allylic oxidation sites excluding steroid dienone is 1. The van der Waals surface area contributed by atoms with Crippen LogP contribution in [0.3, 0.4) is 0 Å². The number of nitrogens with zero attached hydrogens (tertiary/aromatic N) is 4. The summed E-state index contributed by atoms with van der Waals surface area (Å²) in [6, 6.07) is 6.28. The Bertz CT molecular complexity index is 1350. The number of likely N-dealkylation sites (N-methyl/N-ethyl adjacent to an activating group) is 1. The molecule has 1 fully saturated rings. The number of ether oxygens (including phenoxy) is 2. The van der Waals surface area contributed by atoms with Gasteiger partial charge in [-0.1, -0.05) is 0 Å². The number of non-ortho nitro benzene ring substituents is 1. The van der Waals surface area contributed by atoms with E-state index in [1.165, 1.54) is 18.2 Å². The molecule has 1 aliphatic rings. The first kappa shape index (κ1) is 29.5. The fourth-order valence-electron chi connectivity index (χ4n) is 4.24. The summed E-state index contributed by atoms with van der Waals surface area (Å²) in [7, 11) is 2.00. The highest BCUT2D eigenvalue weighted by Gasteiger charge is 2.28. The number of carbonyl (C=O) groups is 3. The molecule has 0 N–H and O–H groups in total. The second kappa shape index (κ2) is 13.1. The second-order valence-electron chi connectivity index (χ2n) is 8.86. The van der Waals surface area contributed by atoms with E-state index in [0.29, 0.717) is 29.9 Å². The minimum absolute atomic E-state index is 0.0987. The molecule has 1 aromatic heterocycles. The van der Waals surface area contributed by atoms with E-state index < -0.39 is 22.6 Å². The molecule has 2 heterocycles. The molecular weight excluding hydrogens is 524 g/mol. The summed E-state index contributed by atoms with van der Waals surface area (Å²) in [6.45, 7) is 8.06. The van der Waals surface area contributed by atoms with Crippen molar-refractivity contribution in [3.8, 4) is 6.07 Å². The van der Waals surface area contributed by atoms with Crippen LogP contribution < -0.4 is 4.90 Å². The van der Waals surface area contributed by atoms with Crippen molar-refractivity contribution in [3.05, 3.63) is 60.3 Å². The number of hydrogen-bond donors (Lipinski definition) is 0. The topological polar surface area (TPSA) is 143 Å². The maximum Gasteiger partial charge on any atom is 0.348 e. The van der Waals surface area contributed by atoms with Gasteiger partial charge in [-0.2, -0.15) is 5.26 Å². The Hall–Kier alpha value is -4.08. The van der Waals surface area contributed by atoms with Crippen LogP contribution in [0.15, 0.2) is 23.8 Å². The van der Waals surface area contributed by atoms with Crippen LogP contribution in [0.1, 0.15) is 49.9 Å². The summed E-state index contributed by atoms with van der Waals surface area (Å²) >= 11 is 0.948. The normalized spacial score (nSPS) is 14.0. The molecular formula is C27H30N4O7S. The van der Waals surface area contributed by atoms with E-state index in [9.17, 15) is 29.8 Å². The van der Waals surface area contributed by atoms with E-state index in [1.807, 2.05) is 13.1 Å². The molecule has 1 aliphatic heterocycles. The first-order chi connectivity index (χ1) is 18.6. The van der Waals surface area contributed by atoms with Crippen molar-refractivity contribution in [2.45, 2.75) is 27.2 Å². The van der Waals surface area contributed by atoms with Gasteiger partial charge in [-0.15, -0.1) is 11.3 Å². The number of esters is 2. The van der Waals surface area contributed by atoms with Gasteiger partial charge in [0.1, 0.15) is 10.9 Å². The van der Waals surface area contributed by atoms with Crippen LogP contribution in [0, 0.1) is 28.4 Å². The van der Waals surface area contributed by atoms with Gasteiger partial charge in [0, 0.05) is 60.9 Å². The Morgan fingerprint density at radius 1 is 1.13 bits per heavy atom. The predicted octanol–water partition coefficient (Wildman–Crippen LogP) is 3.79. The molecule has 0 amide bonds. The number of thiophene rings is 1. The number of piperazine rings is 1. The number of nitro benzene ring substituents is 1. The van der Waals surface area contributed by atoms with Crippen molar-refractivity contribution >= 4 is 46.5 Å². The average Bonchev–Trinajstić information content (AvgIpc) is 3.23. The van der Waals surface area contributed by atoms with Gasteiger partial charge >= 0.3 is 11.9 Å². The van der Waals surface area contributed by atoms with Gasteiger partial charge in [0.2, 0.25) is 0 Å². The zero-order valence-corrected chi connectivity index (χ0v) is 23.1. The van der Waals surface area contributed by atoms with Crippen LogP contribution >= 0.6 is 11.3 Å². The van der Waals surface area contributed by atoms with Gasteiger partial charge in [0.15, 0.2) is 5.78 Å². The summed E-state index contributed by atoms with van der Waals surface area (Å²) in [4.78, 5) is 54.1. The van der Waals surface area contributed by atoms with Gasteiger partial charge in [-0.3, -0.25) is 14.9 Å². The van der Waals surface area contributed by atoms with Crippen LogP contribution in [0.4, 0.5) is 11.4 Å². The fourth-order valence-corrected chi connectivity index (χ4v) is 5.42. The number of benzene rings is 1. The molecule has 39 heavy (non-hydrogen) atoms. The van der Waals surface area contributed by atoms with Crippen molar-refractivity contribution in [3.63, 3.8) is 0 Å². The number of hydrogen-bond acceptors (Lipinski definition) is 11. The van der Waals surface area contributed by atoms with Crippen LogP contribution in [0.25, 0.3) is 6.08 Å². The van der Waals surface area contributed by atoms with Gasteiger partial charge in [0.05, 0.1) is 29.3 Å². The van der Waals surface area contributed by atoms with E-state index in [-0.39, 0.29) is 46.2 Å². The first-order valence-electron chi connectivity index (χ1n) is 12.4. The number of rotatable bonds is 10. The number of Topliss-reactive ketones (excluding diaryl/α,β-unsaturated/α-hetero) is 1. The van der Waals surface area contributed by atoms with E-state index in [2.05, 4.69) is 9.80 Å². The quantitative estimate of drug-likeness (QED) is 0.140. The third-order valence-electron chi connectivity index (χ3n) is 6.27. The maximum absolute atomic E-state index is 13.3. The Labute approximate surface area is 230 Å². The van der Waals surface area contributed by atoms with Crippen LogP contribution in [0.5, 0.6) is 0 Å². The highest BCUT2D eigenvalue weighted by Crippen LogP contribution is 2.32. The zero-order valence-electron chi connectivity index (χ0n) is 22.3. The third kappa shape index (κ3) is 6.87. The van der Waals surface area contributed by atoms with Crippen molar-refractivity contribution in [1.29, 1.82) is 5.26 Å². The summed E-state index contributed by atoms with van der Waals surface area (Å²) in [6.07, 6.45) is 1.01. The molecule has 2 aromatic rings. The summed E-state index contributed by atoms with van der Waals surface area (Å²) < 4.78 is 10.2. The zero-order chi connectivity index (χ0) is 28.7. The molecule has 0 aliphatic carbocycles. The van der Waals surface area contributed by atoms with Crippen LogP contribution in [-0.4, -0.2) is 74.0 Å². The predicted molar refractivity (Wildman–Crippen MR) is 146 cm³/mol. The molecule has 0 unspecified atom stereocenters. The lowest BCUT2D eigenvalue weighted by Crippen LogP contribution is -2.44. The smallest absolute Gasteiger partial charge is 0.348 e. The molecule has 1 aromatic carbocycles. The molecule has 0 bridgehead atoms. The largest absolute Gasteiger partial charge is 0.462 e. The van der Waals surface area contributed by atoms with E-state index in [4.69, 9.17) is 9.47 Å². The highest BCUT2D eigenvalue weighted by atomic mass is 32.1. The maximum atomic E-state index is 13.3. The molecule has 0 saturated carbocycles. The molecule has 11 nitrogen and oxygen atoms in total. The molecule has 0 spiro atoms. The minimum Gasteiger partial charge on any atom is -0.462 e. The summed E-state index contributed by atoms with van der Waals surface area (Å²) in [5.41, 5.74) is 1.10. The Morgan fingerprint density at radius 3 is 2.36 bits per heavy atom. The van der Waals surface area contributed by atoms with Crippen LogP contribution in [-0.2, 0) is 20.7 Å². The Morgan fingerprint density at radius 2 is 1.77 bits per heavy atom. The highest BCUT2D eigenvalue weighted by molar-refractivity contribution is 7.14. The van der Waals surface area contributed by atoms with Crippen LogP contribution in [0.2, 0.25) is 0 Å². The molecule has 0 radical (unpaired) electrons. The molecule has 3 rings (SSSR count). The summed E-state index contributed by atoms with van der Waals surface area (Å²) in [5, 5.41) is 21.3. The van der Waals surface area contributed by atoms with E-state index >= 15 is 0 Å². The lowest BCUT2D eigenvalue weighted by atomic mass is 10.0. The van der Waals surface area contributed by atoms with Crippen molar-refractivity contribution < 1.29 is 28.8 Å². The second-order valence-corrected chi connectivity index (χ2v) is 9.96. The van der Waals surface area contributed by atoms with Gasteiger partial charge < -0.3 is 19.3 Å². The molecule has 1 saturated heterocycles. The number of nitriles is 1. The fraction of sp³-hybridized carbons (Fsp3) is 0.407. The first-order valence-corrected chi connectivity index (χ1v) is 13.3. The third-order valence-corrected chi connectivity index (χ3v) is 7.54. The number of carbonyl (C=O) groups excluding carboxylic acids is 3. The standard InChI is InChI=1S/C27H30N4O7S/c1-5-37-26(33)24-17(3)25(27(34)38-6-2)39-23(24)15-22(32)19(16-28)13-18-14-20(31(35)36)7-8-21(18)30-11-9-29(4)10-12-30/h7-8,13-14H,5-6,9-12,15H2,1-4H3. The van der Waals surface area contributed by atoms with Crippen molar-refractivity contribution in [1.82, 2.24) is 4.90 Å². The average molecular weight is 555 g/mol. The molecule has 206 valence electrons. The summed E-state index contributed by atoms with van der Waals surface area (Å²) in [5.74, 6) is -1.90. The lowest BCUT2D eigenvalue weighted by molar-refractivity contribution is -0.384. The van der Waals surface area contributed by atoms with Gasteiger partial charge in [0.25, 0.3) is 5.69 Å². The number of ketones is 1. The van der Waals surface area contributed by atoms with Crippen molar-refractivity contribution in [2.24, 2.45) is 0 Å². The molecule has 12 heteroatoms.